The second-order valence-electron chi connectivity index (χ2n) is 5.34. The lowest BCUT2D eigenvalue weighted by Crippen LogP contribution is -1.98. The first-order chi connectivity index (χ1) is 10.6. The average molecular weight is 295 g/mol. The van der Waals surface area contributed by atoms with Gasteiger partial charge in [0.25, 0.3) is 0 Å². The van der Waals surface area contributed by atoms with Crippen molar-refractivity contribution in [3.05, 3.63) is 71.8 Å². The number of rotatable bonds is 4. The Kier molecular flexibility index (Phi) is 3.96. The molecule has 0 spiro atoms. The van der Waals surface area contributed by atoms with E-state index in [-0.39, 0.29) is 0 Å². The second kappa shape index (κ2) is 6.06. The van der Waals surface area contributed by atoms with E-state index in [0.717, 1.165) is 27.8 Å². The SMILES string of the molecule is CC(F)c1ccc(OCc2cccc3cccc(N)c23)cc1. The molecule has 1 atom stereocenters. The number of nitrogen functional groups attached to an aromatic ring is 1. The van der Waals surface area contributed by atoms with Gasteiger partial charge in [0.15, 0.2) is 0 Å². The lowest BCUT2D eigenvalue weighted by Gasteiger charge is -2.11. The van der Waals surface area contributed by atoms with Crippen molar-refractivity contribution in [1.29, 1.82) is 0 Å². The first-order valence-corrected chi connectivity index (χ1v) is 7.28. The van der Waals surface area contributed by atoms with Gasteiger partial charge >= 0.3 is 0 Å². The number of alkyl halides is 1. The number of nitrogens with two attached hydrogens (primary N) is 1. The highest BCUT2D eigenvalue weighted by molar-refractivity contribution is 5.95. The van der Waals surface area contributed by atoms with Crippen LogP contribution in [-0.4, -0.2) is 0 Å². The molecule has 112 valence electrons. The Morgan fingerprint density at radius 1 is 1.00 bits per heavy atom. The third kappa shape index (κ3) is 2.89. The van der Waals surface area contributed by atoms with E-state index in [1.54, 1.807) is 24.3 Å². The predicted octanol–water partition coefficient (Wildman–Crippen LogP) is 5.03. The van der Waals surface area contributed by atoms with E-state index in [4.69, 9.17) is 10.5 Å². The molecule has 0 radical (unpaired) electrons. The van der Waals surface area contributed by atoms with Crippen LogP contribution in [0, 0.1) is 0 Å². The monoisotopic (exact) mass is 295 g/mol. The fourth-order valence-corrected chi connectivity index (χ4v) is 2.56. The van der Waals surface area contributed by atoms with Gasteiger partial charge in [-0.2, -0.15) is 0 Å². The molecule has 0 fully saturated rings. The zero-order valence-electron chi connectivity index (χ0n) is 12.4. The number of hydrogen-bond donors (Lipinski definition) is 1. The van der Waals surface area contributed by atoms with E-state index in [1.807, 2.05) is 36.4 Å². The first-order valence-electron chi connectivity index (χ1n) is 7.28. The summed E-state index contributed by atoms with van der Waals surface area (Å²) in [5.74, 6) is 0.718. The van der Waals surface area contributed by atoms with Gasteiger partial charge in [0.05, 0.1) is 0 Å². The molecule has 0 saturated heterocycles. The number of ether oxygens (including phenoxy) is 1. The minimum atomic E-state index is -0.966. The summed E-state index contributed by atoms with van der Waals surface area (Å²) in [5, 5.41) is 2.13. The zero-order chi connectivity index (χ0) is 15.5. The maximum atomic E-state index is 13.2. The number of halogens is 1. The van der Waals surface area contributed by atoms with Gasteiger partial charge in [0, 0.05) is 11.1 Å². The van der Waals surface area contributed by atoms with Gasteiger partial charge in [0.1, 0.15) is 18.5 Å². The summed E-state index contributed by atoms with van der Waals surface area (Å²) in [4.78, 5) is 0. The van der Waals surface area contributed by atoms with Crippen LogP contribution in [0.5, 0.6) is 5.75 Å². The van der Waals surface area contributed by atoms with Crippen molar-refractivity contribution >= 4 is 16.5 Å². The topological polar surface area (TPSA) is 35.2 Å². The quantitative estimate of drug-likeness (QED) is 0.685. The Bertz CT molecular complexity index is 776. The van der Waals surface area contributed by atoms with Crippen molar-refractivity contribution in [3.8, 4) is 5.75 Å². The average Bonchev–Trinajstić information content (AvgIpc) is 2.53. The summed E-state index contributed by atoms with van der Waals surface area (Å²) in [7, 11) is 0. The molecular weight excluding hydrogens is 277 g/mol. The molecule has 0 heterocycles. The molecule has 0 aliphatic carbocycles. The van der Waals surface area contributed by atoms with Gasteiger partial charge in [0.2, 0.25) is 0 Å². The zero-order valence-corrected chi connectivity index (χ0v) is 12.4. The van der Waals surface area contributed by atoms with Crippen molar-refractivity contribution in [2.45, 2.75) is 19.7 Å². The first kappa shape index (κ1) is 14.4. The summed E-state index contributed by atoms with van der Waals surface area (Å²) < 4.78 is 19.0. The van der Waals surface area contributed by atoms with Crippen molar-refractivity contribution < 1.29 is 9.13 Å². The molecule has 2 nitrogen and oxygen atoms in total. The Hall–Kier alpha value is -2.55. The maximum Gasteiger partial charge on any atom is 0.122 e. The van der Waals surface area contributed by atoms with Crippen molar-refractivity contribution in [2.24, 2.45) is 0 Å². The van der Waals surface area contributed by atoms with Gasteiger partial charge in [-0.3, -0.25) is 0 Å². The number of benzene rings is 3. The fourth-order valence-electron chi connectivity index (χ4n) is 2.56. The van der Waals surface area contributed by atoms with Crippen LogP contribution < -0.4 is 10.5 Å². The molecule has 3 aromatic carbocycles. The highest BCUT2D eigenvalue weighted by Crippen LogP contribution is 2.26. The summed E-state index contributed by atoms with van der Waals surface area (Å²) in [6, 6.07) is 19.0. The minimum absolute atomic E-state index is 0.427. The molecule has 1 unspecified atom stereocenters. The van der Waals surface area contributed by atoms with Crippen LogP contribution in [0.2, 0.25) is 0 Å². The molecule has 2 N–H and O–H groups in total. The lowest BCUT2D eigenvalue weighted by molar-refractivity contribution is 0.307. The van der Waals surface area contributed by atoms with E-state index in [2.05, 4.69) is 0 Å². The predicted molar refractivity (Wildman–Crippen MR) is 88.7 cm³/mol. The van der Waals surface area contributed by atoms with Crippen LogP contribution in [-0.2, 0) is 6.61 Å². The van der Waals surface area contributed by atoms with Gasteiger partial charge < -0.3 is 10.5 Å². The van der Waals surface area contributed by atoms with Crippen LogP contribution in [0.4, 0.5) is 10.1 Å². The van der Waals surface area contributed by atoms with Crippen LogP contribution in [0.25, 0.3) is 10.8 Å². The molecule has 0 bridgehead atoms. The van der Waals surface area contributed by atoms with Crippen molar-refractivity contribution in [2.75, 3.05) is 5.73 Å². The Morgan fingerprint density at radius 2 is 1.68 bits per heavy atom. The van der Waals surface area contributed by atoms with Crippen LogP contribution >= 0.6 is 0 Å². The van der Waals surface area contributed by atoms with Gasteiger partial charge in [-0.25, -0.2) is 4.39 Å². The molecule has 3 heteroatoms. The Morgan fingerprint density at radius 3 is 2.36 bits per heavy atom. The van der Waals surface area contributed by atoms with Gasteiger partial charge in [-0.05, 0) is 41.6 Å². The summed E-state index contributed by atoms with van der Waals surface area (Å²) >= 11 is 0. The molecule has 3 aromatic rings. The van der Waals surface area contributed by atoms with E-state index < -0.39 is 6.17 Å². The minimum Gasteiger partial charge on any atom is -0.489 e. The summed E-state index contributed by atoms with van der Waals surface area (Å²) in [6.45, 7) is 1.95. The second-order valence-corrected chi connectivity index (χ2v) is 5.34. The highest BCUT2D eigenvalue weighted by Gasteiger charge is 2.06. The Balaban J connectivity index is 1.82. The largest absolute Gasteiger partial charge is 0.489 e. The van der Waals surface area contributed by atoms with Crippen LogP contribution in [0.3, 0.4) is 0 Å². The Labute approximate surface area is 129 Å². The molecule has 22 heavy (non-hydrogen) atoms. The molecule has 0 aliphatic heterocycles. The number of hydrogen-bond acceptors (Lipinski definition) is 2. The normalized spacial score (nSPS) is 12.3. The molecular formula is C19H18FNO. The standard InChI is InChI=1S/C19H18FNO/c1-13(20)14-8-10-17(11-9-14)22-12-16-6-2-4-15-5-3-7-18(21)19(15)16/h2-11,13H,12,21H2,1H3. The number of anilines is 1. The molecule has 3 rings (SSSR count). The maximum absolute atomic E-state index is 13.2. The summed E-state index contributed by atoms with van der Waals surface area (Å²) in [5.41, 5.74) is 8.53. The van der Waals surface area contributed by atoms with E-state index >= 15 is 0 Å². The lowest BCUT2D eigenvalue weighted by atomic mass is 10.0. The van der Waals surface area contributed by atoms with Gasteiger partial charge in [-0.1, -0.05) is 42.5 Å². The van der Waals surface area contributed by atoms with E-state index in [9.17, 15) is 4.39 Å². The van der Waals surface area contributed by atoms with Crippen LogP contribution in [0.1, 0.15) is 24.2 Å². The third-order valence-electron chi connectivity index (χ3n) is 3.76. The van der Waals surface area contributed by atoms with Crippen LogP contribution in [0.15, 0.2) is 60.7 Å². The molecule has 0 aliphatic rings. The highest BCUT2D eigenvalue weighted by atomic mass is 19.1. The molecule has 0 amide bonds. The van der Waals surface area contributed by atoms with Crippen molar-refractivity contribution in [1.82, 2.24) is 0 Å². The third-order valence-corrected chi connectivity index (χ3v) is 3.76. The van der Waals surface area contributed by atoms with E-state index in [0.29, 0.717) is 12.2 Å². The smallest absolute Gasteiger partial charge is 0.122 e. The fraction of sp³-hybridized carbons (Fsp3) is 0.158. The molecule has 0 saturated carbocycles. The molecule has 0 aromatic heterocycles. The van der Waals surface area contributed by atoms with Crippen molar-refractivity contribution in [3.63, 3.8) is 0 Å². The van der Waals surface area contributed by atoms with Gasteiger partial charge in [-0.15, -0.1) is 0 Å². The summed E-state index contributed by atoms with van der Waals surface area (Å²) in [6.07, 6.45) is -0.966. The number of fused-ring (bicyclic) bond motifs is 1. The van der Waals surface area contributed by atoms with E-state index in [1.165, 1.54) is 6.92 Å².